The molecule has 1 aliphatic heterocycles. The van der Waals surface area contributed by atoms with E-state index in [2.05, 4.69) is 62.1 Å². The van der Waals surface area contributed by atoms with Crippen molar-refractivity contribution in [2.45, 2.75) is 32.9 Å². The van der Waals surface area contributed by atoms with Gasteiger partial charge < -0.3 is 26.8 Å². The van der Waals surface area contributed by atoms with E-state index in [1.165, 1.54) is 5.57 Å². The SMILES string of the molecule is CCOC[C@H](N)CNc1nnc(C(N)=O)c(NC2=CC3C=[N+](CC)NC3C(C)=C2)n1. The van der Waals surface area contributed by atoms with Gasteiger partial charge in [0.15, 0.2) is 24.3 Å². The van der Waals surface area contributed by atoms with Gasteiger partial charge >= 0.3 is 0 Å². The third kappa shape index (κ3) is 5.10. The minimum absolute atomic E-state index is 0.0306. The van der Waals surface area contributed by atoms with Crippen LogP contribution >= 0.6 is 0 Å². The van der Waals surface area contributed by atoms with Gasteiger partial charge in [0.2, 0.25) is 5.95 Å². The molecule has 1 amide bonds. The Labute approximate surface area is 175 Å². The summed E-state index contributed by atoms with van der Waals surface area (Å²) in [4.78, 5) is 16.2. The number of primary amides is 1. The first kappa shape index (κ1) is 21.7. The lowest BCUT2D eigenvalue weighted by molar-refractivity contribution is -0.575. The second-order valence-corrected chi connectivity index (χ2v) is 7.25. The van der Waals surface area contributed by atoms with Gasteiger partial charge in [-0.2, -0.15) is 10.4 Å². The van der Waals surface area contributed by atoms with E-state index >= 15 is 0 Å². The number of hydrogen-bond acceptors (Lipinski definition) is 9. The molecule has 1 aliphatic carbocycles. The zero-order valence-corrected chi connectivity index (χ0v) is 17.6. The summed E-state index contributed by atoms with van der Waals surface area (Å²) < 4.78 is 7.37. The van der Waals surface area contributed by atoms with Crippen LogP contribution in [0.1, 0.15) is 31.3 Å². The number of carbonyl (C=O) groups is 1. The average molecular weight is 417 g/mol. The highest BCUT2D eigenvalue weighted by Gasteiger charge is 2.35. The first-order chi connectivity index (χ1) is 14.4. The van der Waals surface area contributed by atoms with Gasteiger partial charge in [0.05, 0.1) is 12.5 Å². The van der Waals surface area contributed by atoms with Crippen molar-refractivity contribution in [3.63, 3.8) is 0 Å². The van der Waals surface area contributed by atoms with Crippen LogP contribution in [0.25, 0.3) is 0 Å². The van der Waals surface area contributed by atoms with Gasteiger partial charge in [0.25, 0.3) is 5.91 Å². The van der Waals surface area contributed by atoms with Gasteiger partial charge in [-0.1, -0.05) is 0 Å². The highest BCUT2D eigenvalue weighted by molar-refractivity contribution is 5.95. The van der Waals surface area contributed by atoms with Crippen LogP contribution in [0.15, 0.2) is 23.4 Å². The molecule has 2 heterocycles. The van der Waals surface area contributed by atoms with E-state index in [4.69, 9.17) is 16.2 Å². The van der Waals surface area contributed by atoms with Crippen molar-refractivity contribution in [3.8, 4) is 0 Å². The molecule has 0 fully saturated rings. The van der Waals surface area contributed by atoms with Crippen molar-refractivity contribution in [1.82, 2.24) is 20.6 Å². The van der Waals surface area contributed by atoms with E-state index in [0.29, 0.717) is 19.8 Å². The van der Waals surface area contributed by atoms with Crippen LogP contribution in [-0.4, -0.2) is 70.4 Å². The largest absolute Gasteiger partial charge is 0.380 e. The van der Waals surface area contributed by atoms with E-state index in [0.717, 1.165) is 12.2 Å². The number of carbonyl (C=O) groups excluding carboxylic acids is 1. The van der Waals surface area contributed by atoms with Crippen LogP contribution in [0.2, 0.25) is 0 Å². The van der Waals surface area contributed by atoms with Gasteiger partial charge in [-0.05, 0) is 38.5 Å². The monoisotopic (exact) mass is 416 g/mol. The normalized spacial score (nSPS) is 21.0. The number of hydrogen-bond donors (Lipinski definition) is 5. The molecule has 11 heteroatoms. The summed E-state index contributed by atoms with van der Waals surface area (Å²) in [5.41, 5.74) is 16.8. The number of amides is 1. The molecular formula is C19H30N9O2+. The molecule has 3 rings (SSSR count). The summed E-state index contributed by atoms with van der Waals surface area (Å²) in [6.07, 6.45) is 6.24. The molecule has 0 radical (unpaired) electrons. The number of rotatable bonds is 10. The van der Waals surface area contributed by atoms with Gasteiger partial charge in [0, 0.05) is 24.9 Å². The third-order valence-electron chi connectivity index (χ3n) is 4.87. The molecule has 3 atom stereocenters. The van der Waals surface area contributed by atoms with Crippen LogP contribution in [0.4, 0.5) is 11.8 Å². The molecule has 30 heavy (non-hydrogen) atoms. The topological polar surface area (TPSA) is 156 Å². The van der Waals surface area contributed by atoms with Gasteiger partial charge in [-0.3, -0.25) is 4.79 Å². The molecule has 0 bridgehead atoms. The fourth-order valence-electron chi connectivity index (χ4n) is 3.35. The number of nitrogens with one attached hydrogen (secondary N) is 3. The number of hydrazone groups is 1. The Kier molecular flexibility index (Phi) is 6.95. The molecule has 7 N–H and O–H groups in total. The predicted molar refractivity (Wildman–Crippen MR) is 114 cm³/mol. The molecule has 0 saturated heterocycles. The van der Waals surface area contributed by atoms with Crippen molar-refractivity contribution in [3.05, 3.63) is 29.1 Å². The highest BCUT2D eigenvalue weighted by atomic mass is 16.5. The van der Waals surface area contributed by atoms with Crippen LogP contribution in [0, 0.1) is 5.92 Å². The first-order valence-corrected chi connectivity index (χ1v) is 10.1. The van der Waals surface area contributed by atoms with Gasteiger partial charge in [0.1, 0.15) is 6.04 Å². The molecule has 1 aromatic rings. The van der Waals surface area contributed by atoms with Crippen LogP contribution in [0.5, 0.6) is 0 Å². The summed E-state index contributed by atoms with van der Waals surface area (Å²) in [5.74, 6) is -0.0297. The van der Waals surface area contributed by atoms with Crippen molar-refractivity contribution < 1.29 is 14.2 Å². The molecule has 1 aromatic heterocycles. The lowest BCUT2D eigenvalue weighted by atomic mass is 9.90. The van der Waals surface area contributed by atoms with E-state index in [-0.39, 0.29) is 35.5 Å². The number of ether oxygens (including phenoxy) is 1. The van der Waals surface area contributed by atoms with E-state index < -0.39 is 5.91 Å². The van der Waals surface area contributed by atoms with Crippen molar-refractivity contribution >= 4 is 23.9 Å². The van der Waals surface area contributed by atoms with E-state index in [1.54, 1.807) is 0 Å². The Balaban J connectivity index is 1.77. The van der Waals surface area contributed by atoms with Crippen LogP contribution in [-0.2, 0) is 4.74 Å². The minimum Gasteiger partial charge on any atom is -0.380 e. The Bertz CT molecular complexity index is 881. The quantitative estimate of drug-likeness (QED) is 0.320. The minimum atomic E-state index is -0.710. The Hall–Kier alpha value is -3.05. The summed E-state index contributed by atoms with van der Waals surface area (Å²) >= 11 is 0. The maximum absolute atomic E-state index is 11.8. The van der Waals surface area contributed by atoms with Crippen molar-refractivity contribution in [2.24, 2.45) is 17.4 Å². The predicted octanol–water partition coefficient (Wildman–Crippen LogP) is -0.392. The molecule has 0 spiro atoms. The molecule has 0 aromatic carbocycles. The van der Waals surface area contributed by atoms with Crippen molar-refractivity contribution in [2.75, 3.05) is 36.9 Å². The number of nitrogens with two attached hydrogens (primary N) is 2. The highest BCUT2D eigenvalue weighted by Crippen LogP contribution is 2.26. The standard InChI is InChI=1S/C19H29N9O2/c1-4-28-9-12-7-14(6-11(3)15(12)27-28)23-18-16(17(21)29)25-26-19(24-18)22-8-13(20)10-30-5-2/h6-7,9,12-13,15,27H,4-5,8,10,20H2,1-3H3,(H3-,21,22,23,24,26,29)/p+1/t12?,13-,15?/m1/s1. The summed E-state index contributed by atoms with van der Waals surface area (Å²) in [5, 5.41) is 14.1. The summed E-state index contributed by atoms with van der Waals surface area (Å²) in [6, 6.07) is -0.00468. The zero-order valence-electron chi connectivity index (χ0n) is 17.6. The summed E-state index contributed by atoms with van der Waals surface area (Å²) in [7, 11) is 0. The summed E-state index contributed by atoms with van der Waals surface area (Å²) in [6.45, 7) is 8.34. The van der Waals surface area contributed by atoms with E-state index in [1.807, 2.05) is 13.0 Å². The lowest BCUT2D eigenvalue weighted by Gasteiger charge is -2.21. The second-order valence-electron chi connectivity index (χ2n) is 7.25. The number of nitrogens with zero attached hydrogens (tertiary/aromatic N) is 4. The molecule has 11 nitrogen and oxygen atoms in total. The fraction of sp³-hybridized carbons (Fsp3) is 0.526. The Morgan fingerprint density at radius 2 is 2.20 bits per heavy atom. The van der Waals surface area contributed by atoms with Crippen LogP contribution < -0.4 is 27.5 Å². The second kappa shape index (κ2) is 9.63. The average Bonchev–Trinajstić information content (AvgIpc) is 3.14. The fourth-order valence-corrected chi connectivity index (χ4v) is 3.35. The number of aromatic nitrogens is 3. The maximum Gasteiger partial charge on any atom is 0.273 e. The molecule has 2 unspecified atom stereocenters. The van der Waals surface area contributed by atoms with E-state index in [9.17, 15) is 4.79 Å². The molecular weight excluding hydrogens is 386 g/mol. The number of allylic oxidation sites excluding steroid dienone is 1. The number of fused-ring (bicyclic) bond motifs is 1. The number of hydrazine groups is 1. The van der Waals surface area contributed by atoms with Crippen LogP contribution in [0.3, 0.4) is 0 Å². The molecule has 162 valence electrons. The van der Waals surface area contributed by atoms with Gasteiger partial charge in [-0.15, -0.1) is 14.9 Å². The molecule has 2 aliphatic rings. The zero-order chi connectivity index (χ0) is 21.7. The molecule has 0 saturated carbocycles. The van der Waals surface area contributed by atoms with Crippen molar-refractivity contribution in [1.29, 1.82) is 0 Å². The maximum atomic E-state index is 11.8. The number of anilines is 2. The van der Waals surface area contributed by atoms with Gasteiger partial charge in [-0.25, -0.2) is 0 Å². The Morgan fingerprint density at radius 3 is 2.90 bits per heavy atom. The smallest absolute Gasteiger partial charge is 0.273 e. The first-order valence-electron chi connectivity index (χ1n) is 10.1. The lowest BCUT2D eigenvalue weighted by Crippen LogP contribution is -2.36. The third-order valence-corrected chi connectivity index (χ3v) is 4.87. The Morgan fingerprint density at radius 1 is 1.40 bits per heavy atom.